The van der Waals surface area contributed by atoms with Gasteiger partial charge in [0, 0.05) is 6.54 Å². The first-order valence-corrected chi connectivity index (χ1v) is 7.93. The molecule has 0 saturated carbocycles. The van der Waals surface area contributed by atoms with E-state index < -0.39 is 10.0 Å². The van der Waals surface area contributed by atoms with Gasteiger partial charge in [-0.3, -0.25) is 0 Å². The van der Waals surface area contributed by atoms with Gasteiger partial charge in [0.05, 0.1) is 13.3 Å². The van der Waals surface area contributed by atoms with Gasteiger partial charge in [-0.2, -0.15) is 0 Å². The van der Waals surface area contributed by atoms with Crippen molar-refractivity contribution >= 4 is 33.0 Å². The maximum atomic E-state index is 11.9. The lowest BCUT2D eigenvalue weighted by molar-refractivity contribution is 0.414. The molecule has 8 heteroatoms. The fourth-order valence-electron chi connectivity index (χ4n) is 1.40. The molecule has 0 aliphatic carbocycles. The van der Waals surface area contributed by atoms with Gasteiger partial charge in [-0.1, -0.05) is 35.1 Å². The summed E-state index contributed by atoms with van der Waals surface area (Å²) in [4.78, 5) is 3.71. The molecule has 5 nitrogen and oxygen atoms in total. The molecule has 0 fully saturated rings. The number of sulfonamides is 1. The normalized spacial score (nSPS) is 11.5. The first kappa shape index (κ1) is 14.3. The number of nitrogens with zero attached hydrogens (tertiary/aromatic N) is 1. The summed E-state index contributed by atoms with van der Waals surface area (Å²) in [6, 6.07) is 7.17. The van der Waals surface area contributed by atoms with E-state index in [1.165, 1.54) is 6.20 Å². The third kappa shape index (κ3) is 3.66. The molecule has 1 N–H and O–H groups in total. The summed E-state index contributed by atoms with van der Waals surface area (Å²) >= 11 is 6.54. The Morgan fingerprint density at radius 2 is 2.26 bits per heavy atom. The highest BCUT2D eigenvalue weighted by Gasteiger charge is 2.17. The number of aromatic nitrogens is 1. The Labute approximate surface area is 120 Å². The third-order valence-corrected chi connectivity index (χ3v) is 5.30. The zero-order chi connectivity index (χ0) is 13.9. The quantitative estimate of drug-likeness (QED) is 0.918. The van der Waals surface area contributed by atoms with E-state index in [4.69, 9.17) is 16.3 Å². The molecule has 1 heterocycles. The number of hydrogen-bond acceptors (Lipinski definition) is 5. The first-order valence-electron chi connectivity index (χ1n) is 5.25. The van der Waals surface area contributed by atoms with Crippen LogP contribution in [0.2, 0.25) is 4.47 Å². The van der Waals surface area contributed by atoms with Crippen molar-refractivity contribution < 1.29 is 13.2 Å². The molecule has 0 radical (unpaired) electrons. The van der Waals surface area contributed by atoms with E-state index in [-0.39, 0.29) is 15.2 Å². The zero-order valence-corrected chi connectivity index (χ0v) is 12.3. The van der Waals surface area contributed by atoms with Crippen LogP contribution in [0.1, 0.15) is 5.56 Å². The number of nitrogens with one attached hydrogen (secondary N) is 1. The molecule has 0 amide bonds. The van der Waals surface area contributed by atoms with Gasteiger partial charge < -0.3 is 4.74 Å². The van der Waals surface area contributed by atoms with Crippen molar-refractivity contribution in [2.24, 2.45) is 0 Å². The summed E-state index contributed by atoms with van der Waals surface area (Å²) in [5.74, 6) is 0.678. The van der Waals surface area contributed by atoms with E-state index >= 15 is 0 Å². The average molecular weight is 319 g/mol. The summed E-state index contributed by atoms with van der Waals surface area (Å²) in [5.41, 5.74) is 0.804. The zero-order valence-electron chi connectivity index (χ0n) is 9.96. The maximum absolute atomic E-state index is 11.9. The lowest BCUT2D eigenvalue weighted by Crippen LogP contribution is -2.22. The average Bonchev–Trinajstić information content (AvgIpc) is 2.84. The molecule has 102 valence electrons. The molecule has 2 rings (SSSR count). The molecule has 0 bridgehead atoms. The number of methoxy groups -OCH3 is 1. The van der Waals surface area contributed by atoms with Gasteiger partial charge in [0.25, 0.3) is 10.0 Å². The van der Waals surface area contributed by atoms with Gasteiger partial charge in [-0.25, -0.2) is 18.1 Å². The van der Waals surface area contributed by atoms with Crippen LogP contribution >= 0.6 is 22.9 Å². The van der Waals surface area contributed by atoms with Crippen molar-refractivity contribution in [1.29, 1.82) is 0 Å². The van der Waals surface area contributed by atoms with E-state index in [1.54, 1.807) is 25.3 Å². The van der Waals surface area contributed by atoms with E-state index in [1.807, 2.05) is 6.07 Å². The maximum Gasteiger partial charge on any atom is 0.252 e. The van der Waals surface area contributed by atoms with Crippen molar-refractivity contribution in [1.82, 2.24) is 9.71 Å². The Morgan fingerprint density at radius 3 is 2.89 bits per heavy atom. The van der Waals surface area contributed by atoms with Gasteiger partial charge in [-0.15, -0.1) is 0 Å². The Balaban J connectivity index is 2.09. The standard InChI is InChI=1S/C11H11ClN2O3S2/c1-17-9-4-2-3-8(5-9)6-14-19(15,16)10-7-13-11(12)18-10/h2-5,7,14H,6H2,1H3. The Kier molecular flexibility index (Phi) is 4.41. The van der Waals surface area contributed by atoms with Crippen molar-refractivity contribution in [3.05, 3.63) is 40.5 Å². The summed E-state index contributed by atoms with van der Waals surface area (Å²) in [5, 5.41) is 0. The fourth-order valence-corrected chi connectivity index (χ4v) is 3.75. The number of thiazole rings is 1. The van der Waals surface area contributed by atoms with Crippen LogP contribution in [0.5, 0.6) is 5.75 Å². The Bertz CT molecular complexity index is 670. The minimum Gasteiger partial charge on any atom is -0.497 e. The molecule has 0 saturated heterocycles. The molecular weight excluding hydrogens is 308 g/mol. The molecule has 0 aliphatic rings. The number of rotatable bonds is 5. The number of ether oxygens (including phenoxy) is 1. The Hall–Kier alpha value is -1.15. The second kappa shape index (κ2) is 5.87. The number of halogens is 1. The minimum atomic E-state index is -3.58. The topological polar surface area (TPSA) is 68.3 Å². The van der Waals surface area contributed by atoms with Crippen LogP contribution in [-0.2, 0) is 16.6 Å². The SMILES string of the molecule is COc1cccc(CNS(=O)(=O)c2cnc(Cl)s2)c1. The summed E-state index contributed by atoms with van der Waals surface area (Å²) in [6.07, 6.45) is 1.24. The molecule has 1 aromatic heterocycles. The van der Waals surface area contributed by atoms with E-state index in [9.17, 15) is 8.42 Å². The lowest BCUT2D eigenvalue weighted by atomic mass is 10.2. The van der Waals surface area contributed by atoms with Gasteiger partial charge in [0.2, 0.25) is 0 Å². The Morgan fingerprint density at radius 1 is 1.47 bits per heavy atom. The van der Waals surface area contributed by atoms with Crippen LogP contribution in [0, 0.1) is 0 Å². The van der Waals surface area contributed by atoms with Crippen LogP contribution in [0.4, 0.5) is 0 Å². The predicted octanol–water partition coefficient (Wildman–Crippen LogP) is 2.28. The molecule has 1 aromatic carbocycles. The highest BCUT2D eigenvalue weighted by molar-refractivity contribution is 7.91. The molecule has 2 aromatic rings. The van der Waals surface area contributed by atoms with E-state index in [2.05, 4.69) is 9.71 Å². The number of hydrogen-bond donors (Lipinski definition) is 1. The first-order chi connectivity index (χ1) is 9.01. The summed E-state index contributed by atoms with van der Waals surface area (Å²) in [6.45, 7) is 0.176. The highest BCUT2D eigenvalue weighted by Crippen LogP contribution is 2.22. The molecule has 0 aliphatic heterocycles. The van der Waals surface area contributed by atoms with Crippen LogP contribution in [-0.4, -0.2) is 20.5 Å². The van der Waals surface area contributed by atoms with Crippen molar-refractivity contribution in [3.8, 4) is 5.75 Å². The second-order valence-corrected chi connectivity index (χ2v) is 7.21. The minimum absolute atomic E-state index is 0.0976. The van der Waals surface area contributed by atoms with Gasteiger partial charge >= 0.3 is 0 Å². The molecule has 0 atom stereocenters. The van der Waals surface area contributed by atoms with Crippen LogP contribution in [0.15, 0.2) is 34.7 Å². The van der Waals surface area contributed by atoms with Crippen molar-refractivity contribution in [2.75, 3.05) is 7.11 Å². The molecule has 19 heavy (non-hydrogen) atoms. The van der Waals surface area contributed by atoms with Crippen LogP contribution in [0.25, 0.3) is 0 Å². The van der Waals surface area contributed by atoms with Crippen molar-refractivity contribution in [2.45, 2.75) is 10.8 Å². The van der Waals surface area contributed by atoms with E-state index in [0.717, 1.165) is 16.9 Å². The van der Waals surface area contributed by atoms with Gasteiger partial charge in [0.1, 0.15) is 5.75 Å². The smallest absolute Gasteiger partial charge is 0.252 e. The van der Waals surface area contributed by atoms with Gasteiger partial charge in [0.15, 0.2) is 8.68 Å². The fraction of sp³-hybridized carbons (Fsp3) is 0.182. The third-order valence-electron chi connectivity index (χ3n) is 2.32. The van der Waals surface area contributed by atoms with Crippen LogP contribution < -0.4 is 9.46 Å². The molecule has 0 unspecified atom stereocenters. The highest BCUT2D eigenvalue weighted by atomic mass is 35.5. The molecular formula is C11H11ClN2O3S2. The summed E-state index contributed by atoms with van der Waals surface area (Å²) in [7, 11) is -2.02. The van der Waals surface area contributed by atoms with Crippen molar-refractivity contribution in [3.63, 3.8) is 0 Å². The van der Waals surface area contributed by atoms with Crippen LogP contribution in [0.3, 0.4) is 0 Å². The predicted molar refractivity (Wildman–Crippen MR) is 74.1 cm³/mol. The van der Waals surface area contributed by atoms with E-state index in [0.29, 0.717) is 5.75 Å². The summed E-state index contributed by atoms with van der Waals surface area (Å²) < 4.78 is 31.7. The largest absolute Gasteiger partial charge is 0.497 e. The second-order valence-electron chi connectivity index (χ2n) is 3.61. The lowest BCUT2D eigenvalue weighted by Gasteiger charge is -2.06. The number of benzene rings is 1. The monoisotopic (exact) mass is 318 g/mol. The van der Waals surface area contributed by atoms with Gasteiger partial charge in [-0.05, 0) is 17.7 Å². The molecule has 0 spiro atoms.